The van der Waals surface area contributed by atoms with Crippen LogP contribution in [0.15, 0.2) is 78.9 Å². The van der Waals surface area contributed by atoms with E-state index in [2.05, 4.69) is 60.8 Å². The molecule has 3 aromatic rings. The number of benzene rings is 3. The van der Waals surface area contributed by atoms with Crippen molar-refractivity contribution in [3.8, 4) is 0 Å². The summed E-state index contributed by atoms with van der Waals surface area (Å²) in [6.45, 7) is 4.03. The molecule has 2 unspecified atom stereocenters. The molecule has 1 amide bonds. The van der Waals surface area contributed by atoms with Gasteiger partial charge in [0.15, 0.2) is 6.04 Å². The van der Waals surface area contributed by atoms with E-state index in [0.29, 0.717) is 5.02 Å². The van der Waals surface area contributed by atoms with Gasteiger partial charge in [0, 0.05) is 40.4 Å². The molecule has 0 saturated carbocycles. The van der Waals surface area contributed by atoms with Crippen LogP contribution in [0, 0.1) is 0 Å². The van der Waals surface area contributed by atoms with Gasteiger partial charge in [-0.2, -0.15) is 0 Å². The van der Waals surface area contributed by atoms with Gasteiger partial charge >= 0.3 is 0 Å². The molecule has 1 saturated heterocycles. The largest absolute Gasteiger partial charge is 0.348 e. The lowest BCUT2D eigenvalue weighted by Gasteiger charge is -2.28. The summed E-state index contributed by atoms with van der Waals surface area (Å²) in [5.74, 6) is 0.285. The summed E-state index contributed by atoms with van der Waals surface area (Å²) in [7, 11) is 0. The smallest absolute Gasteiger partial charge is 0.278 e. The van der Waals surface area contributed by atoms with Crippen molar-refractivity contribution < 1.29 is 9.69 Å². The molecule has 0 aliphatic carbocycles. The standard InChI is InChI=1S/C28H30Cl2N2O/c1-20(31-28(33)27-8-5-17-32(27)19-22-6-3-2-4-7-22)26(23-11-15-25(30)16-12-23)18-21-9-13-24(29)14-10-21/h2-4,6-7,9-16,20,26-27H,5,8,17-19H2,1H3,(H,31,33)/p+1/t20-,26+,27?/m1/s1. The minimum absolute atomic E-state index is 0.00550. The molecule has 0 bridgehead atoms. The van der Waals surface area contributed by atoms with Gasteiger partial charge in [-0.05, 0) is 48.7 Å². The van der Waals surface area contributed by atoms with Crippen molar-refractivity contribution in [2.45, 2.75) is 50.7 Å². The highest BCUT2D eigenvalue weighted by Crippen LogP contribution is 2.27. The van der Waals surface area contributed by atoms with Gasteiger partial charge in [-0.15, -0.1) is 0 Å². The second-order valence-corrected chi connectivity index (χ2v) is 9.92. The van der Waals surface area contributed by atoms with E-state index in [-0.39, 0.29) is 23.9 Å². The predicted molar refractivity (Wildman–Crippen MR) is 136 cm³/mol. The fourth-order valence-corrected chi connectivity index (χ4v) is 5.14. The summed E-state index contributed by atoms with van der Waals surface area (Å²) < 4.78 is 0. The summed E-state index contributed by atoms with van der Waals surface area (Å²) in [6.07, 6.45) is 2.83. The van der Waals surface area contributed by atoms with Gasteiger partial charge in [0.25, 0.3) is 5.91 Å². The number of amides is 1. The summed E-state index contributed by atoms with van der Waals surface area (Å²) in [4.78, 5) is 14.7. The Kier molecular flexibility index (Phi) is 8.08. The third-order valence-electron chi connectivity index (χ3n) is 6.71. The van der Waals surface area contributed by atoms with Gasteiger partial charge < -0.3 is 10.2 Å². The van der Waals surface area contributed by atoms with Gasteiger partial charge in [0.05, 0.1) is 6.54 Å². The van der Waals surface area contributed by atoms with Crippen LogP contribution in [0.25, 0.3) is 0 Å². The first kappa shape index (κ1) is 23.8. The number of rotatable bonds is 8. The van der Waals surface area contributed by atoms with E-state index in [1.54, 1.807) is 0 Å². The van der Waals surface area contributed by atoms with Crippen molar-refractivity contribution in [2.24, 2.45) is 0 Å². The normalized spacial score (nSPS) is 19.7. The van der Waals surface area contributed by atoms with Crippen LogP contribution in [0.2, 0.25) is 10.0 Å². The topological polar surface area (TPSA) is 33.5 Å². The Morgan fingerprint density at radius 2 is 1.58 bits per heavy atom. The van der Waals surface area contributed by atoms with Gasteiger partial charge in [-0.1, -0.05) is 77.8 Å². The van der Waals surface area contributed by atoms with Crippen LogP contribution in [-0.2, 0) is 17.8 Å². The SMILES string of the molecule is C[C@@H](NC(=O)C1CCC[NH+]1Cc1ccccc1)[C@H](Cc1ccc(Cl)cc1)c1ccc(Cl)cc1. The molecule has 1 heterocycles. The lowest BCUT2D eigenvalue weighted by molar-refractivity contribution is -0.916. The molecule has 1 aliphatic heterocycles. The fraction of sp³-hybridized carbons (Fsp3) is 0.321. The summed E-state index contributed by atoms with van der Waals surface area (Å²) in [5.41, 5.74) is 3.64. The van der Waals surface area contributed by atoms with Crippen molar-refractivity contribution in [1.82, 2.24) is 5.32 Å². The first-order valence-electron chi connectivity index (χ1n) is 11.7. The fourth-order valence-electron chi connectivity index (χ4n) is 4.89. The Morgan fingerprint density at radius 1 is 0.939 bits per heavy atom. The summed E-state index contributed by atoms with van der Waals surface area (Å²) in [5, 5.41) is 4.81. The molecule has 33 heavy (non-hydrogen) atoms. The van der Waals surface area contributed by atoms with Crippen LogP contribution >= 0.6 is 23.2 Å². The van der Waals surface area contributed by atoms with Crippen molar-refractivity contribution >= 4 is 29.1 Å². The Bertz CT molecular complexity index is 1040. The number of carbonyl (C=O) groups excluding carboxylic acids is 1. The predicted octanol–water partition coefficient (Wildman–Crippen LogP) is 5.07. The van der Waals surface area contributed by atoms with E-state index in [1.807, 2.05) is 30.3 Å². The van der Waals surface area contributed by atoms with Gasteiger partial charge in [0.1, 0.15) is 6.54 Å². The molecule has 1 fully saturated rings. The van der Waals surface area contributed by atoms with Crippen LogP contribution in [-0.4, -0.2) is 24.5 Å². The van der Waals surface area contributed by atoms with E-state index in [9.17, 15) is 4.79 Å². The number of hydrogen-bond acceptors (Lipinski definition) is 1. The number of carbonyl (C=O) groups is 1. The number of quaternary nitrogens is 1. The first-order chi connectivity index (χ1) is 16.0. The molecule has 1 aliphatic rings. The quantitative estimate of drug-likeness (QED) is 0.462. The monoisotopic (exact) mass is 481 g/mol. The Hall–Kier alpha value is -2.33. The van der Waals surface area contributed by atoms with E-state index in [0.717, 1.165) is 37.4 Å². The molecule has 0 aromatic heterocycles. The minimum Gasteiger partial charge on any atom is -0.348 e. The van der Waals surface area contributed by atoms with Gasteiger partial charge in [-0.3, -0.25) is 4.79 Å². The highest BCUT2D eigenvalue weighted by molar-refractivity contribution is 6.30. The zero-order valence-corrected chi connectivity index (χ0v) is 20.4. The van der Waals surface area contributed by atoms with Gasteiger partial charge in [0.2, 0.25) is 0 Å². The van der Waals surface area contributed by atoms with Crippen LogP contribution < -0.4 is 10.2 Å². The molecule has 3 nitrogen and oxygen atoms in total. The number of hydrogen-bond donors (Lipinski definition) is 2. The molecular formula is C28H31Cl2N2O+. The Morgan fingerprint density at radius 3 is 2.24 bits per heavy atom. The second kappa shape index (κ2) is 11.2. The zero-order valence-electron chi connectivity index (χ0n) is 18.9. The van der Waals surface area contributed by atoms with Crippen molar-refractivity contribution in [3.05, 3.63) is 106 Å². The second-order valence-electron chi connectivity index (χ2n) is 9.05. The van der Waals surface area contributed by atoms with Gasteiger partial charge in [-0.25, -0.2) is 0 Å². The maximum absolute atomic E-state index is 13.4. The van der Waals surface area contributed by atoms with E-state index < -0.39 is 0 Å². The van der Waals surface area contributed by atoms with Crippen LogP contribution in [0.5, 0.6) is 0 Å². The van der Waals surface area contributed by atoms with Crippen molar-refractivity contribution in [2.75, 3.05) is 6.54 Å². The molecular weight excluding hydrogens is 451 g/mol. The molecule has 3 aromatic carbocycles. The Labute approximate surface area is 206 Å². The molecule has 0 spiro atoms. The highest BCUT2D eigenvalue weighted by atomic mass is 35.5. The number of nitrogens with one attached hydrogen (secondary N) is 2. The number of likely N-dealkylation sites (tertiary alicyclic amines) is 1. The maximum atomic E-state index is 13.4. The average Bonchev–Trinajstić information content (AvgIpc) is 3.28. The summed E-state index contributed by atoms with van der Waals surface area (Å²) in [6, 6.07) is 26.3. The van der Waals surface area contributed by atoms with Crippen molar-refractivity contribution in [3.63, 3.8) is 0 Å². The molecule has 2 N–H and O–H groups in total. The number of halogens is 2. The first-order valence-corrected chi connectivity index (χ1v) is 12.4. The van der Waals surface area contributed by atoms with Crippen LogP contribution in [0.4, 0.5) is 0 Å². The lowest BCUT2D eigenvalue weighted by atomic mass is 9.86. The zero-order chi connectivity index (χ0) is 23.2. The summed E-state index contributed by atoms with van der Waals surface area (Å²) >= 11 is 12.2. The molecule has 4 rings (SSSR count). The molecule has 172 valence electrons. The van der Waals surface area contributed by atoms with E-state index in [4.69, 9.17) is 23.2 Å². The maximum Gasteiger partial charge on any atom is 0.278 e. The Balaban J connectivity index is 1.48. The van der Waals surface area contributed by atoms with E-state index >= 15 is 0 Å². The third-order valence-corrected chi connectivity index (χ3v) is 7.22. The third kappa shape index (κ3) is 6.38. The molecule has 4 atom stereocenters. The van der Waals surface area contributed by atoms with Crippen molar-refractivity contribution in [1.29, 1.82) is 0 Å². The highest BCUT2D eigenvalue weighted by Gasteiger charge is 2.36. The minimum atomic E-state index is -0.0204. The van der Waals surface area contributed by atoms with E-state index in [1.165, 1.54) is 21.6 Å². The lowest BCUT2D eigenvalue weighted by Crippen LogP contribution is -3.13. The molecule has 0 radical (unpaired) electrons. The van der Waals surface area contributed by atoms with Crippen LogP contribution in [0.3, 0.4) is 0 Å². The average molecular weight is 482 g/mol. The van der Waals surface area contributed by atoms with Crippen LogP contribution in [0.1, 0.15) is 42.4 Å². The molecule has 5 heteroatoms.